The number of anilines is 1. The zero-order valence-electron chi connectivity index (χ0n) is 28.9. The van der Waals surface area contributed by atoms with Crippen molar-refractivity contribution in [1.29, 1.82) is 0 Å². The van der Waals surface area contributed by atoms with Crippen molar-refractivity contribution in [3.05, 3.63) is 47.5 Å². The second kappa shape index (κ2) is 16.1. The number of halogens is 4. The molecule has 3 atom stereocenters. The smallest absolute Gasteiger partial charge is 0.339 e. The van der Waals surface area contributed by atoms with Crippen molar-refractivity contribution in [2.45, 2.75) is 134 Å². The third kappa shape index (κ3) is 8.66. The monoisotopic (exact) mass is 689 g/mol. The van der Waals surface area contributed by atoms with Crippen LogP contribution in [0.5, 0.6) is 0 Å². The van der Waals surface area contributed by atoms with Gasteiger partial charge < -0.3 is 15.5 Å². The van der Waals surface area contributed by atoms with Crippen LogP contribution in [0.1, 0.15) is 132 Å². The molecule has 8 nitrogen and oxygen atoms in total. The summed E-state index contributed by atoms with van der Waals surface area (Å²) in [5.41, 5.74) is 0.452. The van der Waals surface area contributed by atoms with Gasteiger partial charge in [0.15, 0.2) is 0 Å². The minimum absolute atomic E-state index is 0.00179. The molecule has 5 rings (SSSR count). The standard InChI is InChI=1S/C37H51F4N5O3/c1-23(2)46-30(19-20-42-46)34(47)44-33(32(25-12-6-4-7-13-25)26-14-8-5-9-15-26)35(48)43-29-18-17-27(22-28(29)38)24(3)36(49)45-21-11-10-16-31(45)37(39,40)41/h17-20,22-26,31-33H,4-16,21H2,1-3H3,(H,43,48)(H,44,47)/t24-,31?,33-/m0/s1. The van der Waals surface area contributed by atoms with E-state index in [-0.39, 0.29) is 48.0 Å². The summed E-state index contributed by atoms with van der Waals surface area (Å²) in [7, 11) is 0. The molecule has 2 heterocycles. The van der Waals surface area contributed by atoms with Gasteiger partial charge in [0, 0.05) is 18.8 Å². The number of hydrogen-bond donors (Lipinski definition) is 2. The summed E-state index contributed by atoms with van der Waals surface area (Å²) in [5, 5.41) is 10.1. The number of hydrogen-bond acceptors (Lipinski definition) is 4. The highest BCUT2D eigenvalue weighted by Gasteiger charge is 2.47. The minimum Gasteiger partial charge on any atom is -0.339 e. The van der Waals surface area contributed by atoms with Crippen LogP contribution in [-0.4, -0.2) is 57.2 Å². The molecule has 1 aromatic heterocycles. The summed E-state index contributed by atoms with van der Waals surface area (Å²) in [6.45, 7) is 5.31. The molecule has 3 aliphatic rings. The van der Waals surface area contributed by atoms with Crippen LogP contribution in [0.25, 0.3) is 0 Å². The molecule has 0 spiro atoms. The van der Waals surface area contributed by atoms with E-state index >= 15 is 4.39 Å². The Morgan fingerprint density at radius 3 is 2.04 bits per heavy atom. The molecule has 2 saturated carbocycles. The molecular weight excluding hydrogens is 638 g/mol. The van der Waals surface area contributed by atoms with Crippen LogP contribution >= 0.6 is 0 Å². The molecule has 1 aliphatic heterocycles. The first-order chi connectivity index (χ1) is 23.4. The van der Waals surface area contributed by atoms with E-state index in [1.54, 1.807) is 16.9 Å². The van der Waals surface area contributed by atoms with E-state index in [4.69, 9.17) is 0 Å². The lowest BCUT2D eigenvalue weighted by Crippen LogP contribution is -2.53. The molecular formula is C37H51F4N5O3. The molecule has 270 valence electrons. The van der Waals surface area contributed by atoms with Gasteiger partial charge in [-0.25, -0.2) is 4.39 Å². The molecule has 2 aliphatic carbocycles. The predicted octanol–water partition coefficient (Wildman–Crippen LogP) is 8.16. The predicted molar refractivity (Wildman–Crippen MR) is 179 cm³/mol. The van der Waals surface area contributed by atoms with E-state index in [0.29, 0.717) is 18.5 Å². The number of aromatic nitrogens is 2. The van der Waals surface area contributed by atoms with Gasteiger partial charge >= 0.3 is 6.18 Å². The first-order valence-electron chi connectivity index (χ1n) is 18.2. The van der Waals surface area contributed by atoms with Crippen LogP contribution in [0.2, 0.25) is 0 Å². The molecule has 2 N–H and O–H groups in total. The van der Waals surface area contributed by atoms with Gasteiger partial charge in [-0.15, -0.1) is 0 Å². The third-order valence-electron chi connectivity index (χ3n) is 11.0. The molecule has 0 radical (unpaired) electrons. The summed E-state index contributed by atoms with van der Waals surface area (Å²) in [5.74, 6) is -3.11. The number of carbonyl (C=O) groups is 3. The van der Waals surface area contributed by atoms with Crippen molar-refractivity contribution in [3.8, 4) is 0 Å². The van der Waals surface area contributed by atoms with E-state index in [9.17, 15) is 27.6 Å². The molecule has 3 amide bonds. The highest BCUT2D eigenvalue weighted by atomic mass is 19.4. The summed E-state index contributed by atoms with van der Waals surface area (Å²) >= 11 is 0. The molecule has 1 saturated heterocycles. The Kier molecular flexibility index (Phi) is 12.1. The first-order valence-corrected chi connectivity index (χ1v) is 18.2. The van der Waals surface area contributed by atoms with Crippen LogP contribution in [-0.2, 0) is 9.59 Å². The molecule has 49 heavy (non-hydrogen) atoms. The number of piperidine rings is 1. The minimum atomic E-state index is -4.54. The molecule has 0 bridgehead atoms. The lowest BCUT2D eigenvalue weighted by atomic mass is 9.66. The SMILES string of the molecule is CC(C)n1nccc1C(=O)N[C@H](C(=O)Nc1ccc([C@H](C)C(=O)N2CCCCC2C(F)(F)F)cc1F)C(C1CCCCC1)C1CCCCC1. The number of likely N-dealkylation sites (tertiary alicyclic amines) is 1. The fraction of sp³-hybridized carbons (Fsp3) is 0.676. The average Bonchev–Trinajstić information content (AvgIpc) is 3.60. The summed E-state index contributed by atoms with van der Waals surface area (Å²) in [6.07, 6.45) is 8.10. The van der Waals surface area contributed by atoms with Crippen LogP contribution in [0.3, 0.4) is 0 Å². The Balaban J connectivity index is 1.40. The van der Waals surface area contributed by atoms with Crippen molar-refractivity contribution in [3.63, 3.8) is 0 Å². The third-order valence-corrected chi connectivity index (χ3v) is 11.0. The summed E-state index contributed by atoms with van der Waals surface area (Å²) < 4.78 is 58.5. The molecule has 2 aromatic rings. The van der Waals surface area contributed by atoms with Crippen LogP contribution in [0.4, 0.5) is 23.2 Å². The number of amides is 3. The highest BCUT2D eigenvalue weighted by molar-refractivity contribution is 6.01. The van der Waals surface area contributed by atoms with Crippen LogP contribution < -0.4 is 10.6 Å². The van der Waals surface area contributed by atoms with Gasteiger partial charge in [-0.1, -0.05) is 70.3 Å². The van der Waals surface area contributed by atoms with Gasteiger partial charge in [0.1, 0.15) is 23.6 Å². The maximum Gasteiger partial charge on any atom is 0.408 e. The fourth-order valence-corrected chi connectivity index (χ4v) is 8.46. The zero-order valence-corrected chi connectivity index (χ0v) is 28.9. The van der Waals surface area contributed by atoms with Crippen LogP contribution in [0.15, 0.2) is 30.5 Å². The van der Waals surface area contributed by atoms with Gasteiger partial charge in [-0.05, 0) is 81.5 Å². The quantitative estimate of drug-likeness (QED) is 0.246. The van der Waals surface area contributed by atoms with Gasteiger partial charge in [-0.2, -0.15) is 18.3 Å². The number of rotatable bonds is 10. The van der Waals surface area contributed by atoms with E-state index < -0.39 is 47.7 Å². The molecule has 12 heteroatoms. The highest BCUT2D eigenvalue weighted by Crippen LogP contribution is 2.42. The van der Waals surface area contributed by atoms with Crippen LogP contribution in [0, 0.1) is 23.6 Å². The van der Waals surface area contributed by atoms with Crippen molar-refractivity contribution in [1.82, 2.24) is 20.0 Å². The van der Waals surface area contributed by atoms with Crippen molar-refractivity contribution in [2.75, 3.05) is 11.9 Å². The van der Waals surface area contributed by atoms with Gasteiger partial charge in [-0.3, -0.25) is 19.1 Å². The number of carbonyl (C=O) groups excluding carboxylic acids is 3. The fourth-order valence-electron chi connectivity index (χ4n) is 8.46. The molecule has 1 unspecified atom stereocenters. The van der Waals surface area contributed by atoms with Crippen molar-refractivity contribution < 1.29 is 31.9 Å². The molecule has 1 aromatic carbocycles. The second-order valence-corrected chi connectivity index (χ2v) is 14.6. The number of benzene rings is 1. The topological polar surface area (TPSA) is 96.3 Å². The Morgan fingerprint density at radius 2 is 1.47 bits per heavy atom. The Morgan fingerprint density at radius 1 is 0.857 bits per heavy atom. The largest absolute Gasteiger partial charge is 0.408 e. The molecule has 3 fully saturated rings. The number of nitrogens with zero attached hydrogens (tertiary/aromatic N) is 3. The summed E-state index contributed by atoms with van der Waals surface area (Å²) in [4.78, 5) is 42.2. The Labute approximate surface area is 286 Å². The average molecular weight is 690 g/mol. The van der Waals surface area contributed by atoms with Gasteiger partial charge in [0.05, 0.1) is 11.6 Å². The lowest BCUT2D eigenvalue weighted by molar-refractivity contribution is -0.196. The Hall–Kier alpha value is -3.44. The maximum atomic E-state index is 15.7. The van der Waals surface area contributed by atoms with E-state index in [0.717, 1.165) is 75.2 Å². The van der Waals surface area contributed by atoms with Gasteiger partial charge in [0.2, 0.25) is 11.8 Å². The lowest BCUT2D eigenvalue weighted by Gasteiger charge is -2.42. The zero-order chi connectivity index (χ0) is 35.3. The van der Waals surface area contributed by atoms with E-state index in [1.165, 1.54) is 19.1 Å². The van der Waals surface area contributed by atoms with Crippen molar-refractivity contribution >= 4 is 23.4 Å². The second-order valence-electron chi connectivity index (χ2n) is 14.6. The number of nitrogens with one attached hydrogen (secondary N) is 2. The van der Waals surface area contributed by atoms with Crippen molar-refractivity contribution in [2.24, 2.45) is 17.8 Å². The van der Waals surface area contributed by atoms with Gasteiger partial charge in [0.25, 0.3) is 5.91 Å². The first kappa shape index (κ1) is 36.8. The normalized spacial score (nSPS) is 21.1. The maximum absolute atomic E-state index is 15.7. The summed E-state index contributed by atoms with van der Waals surface area (Å²) in [6, 6.07) is 2.71. The Bertz CT molecular complexity index is 1430. The number of alkyl halides is 3. The van der Waals surface area contributed by atoms with E-state index in [1.807, 2.05) is 13.8 Å². The van der Waals surface area contributed by atoms with E-state index in [2.05, 4.69) is 15.7 Å².